The van der Waals surface area contributed by atoms with Crippen molar-refractivity contribution in [2.45, 2.75) is 33.6 Å². The predicted octanol–water partition coefficient (Wildman–Crippen LogP) is 3.41. The maximum absolute atomic E-state index is 3.22. The summed E-state index contributed by atoms with van der Waals surface area (Å²) in [5.74, 6) is 0. The zero-order valence-corrected chi connectivity index (χ0v) is 9.72. The summed E-state index contributed by atoms with van der Waals surface area (Å²) in [6.45, 7) is 6.74. The van der Waals surface area contributed by atoms with E-state index in [1.165, 1.54) is 11.3 Å². The van der Waals surface area contributed by atoms with Gasteiger partial charge in [0.25, 0.3) is 0 Å². The van der Waals surface area contributed by atoms with Crippen molar-refractivity contribution in [3.63, 3.8) is 0 Å². The molecule has 0 atom stereocenters. The molecular formula is C13H21N. The molecule has 1 heteroatoms. The van der Waals surface area contributed by atoms with Crippen LogP contribution in [-0.4, -0.2) is 7.05 Å². The molecule has 1 aliphatic carbocycles. The summed E-state index contributed by atoms with van der Waals surface area (Å²) in [5.41, 5.74) is 2.85. The molecule has 0 fully saturated rings. The van der Waals surface area contributed by atoms with Crippen molar-refractivity contribution < 1.29 is 0 Å². The number of nitrogens with one attached hydrogen (secondary N) is 1. The molecule has 1 nitrogen and oxygen atoms in total. The highest BCUT2D eigenvalue weighted by Crippen LogP contribution is 2.28. The van der Waals surface area contributed by atoms with Crippen LogP contribution in [0.5, 0.6) is 0 Å². The fourth-order valence-electron chi connectivity index (χ4n) is 1.46. The number of hydrogen-bond acceptors (Lipinski definition) is 1. The Kier molecular flexibility index (Phi) is 3.56. The van der Waals surface area contributed by atoms with Gasteiger partial charge in [0, 0.05) is 12.7 Å². The SMILES string of the molecule is CNC1=CCC/C=C/C(C(C)(C)C)=C1. The van der Waals surface area contributed by atoms with Gasteiger partial charge in [-0.15, -0.1) is 0 Å². The van der Waals surface area contributed by atoms with Crippen LogP contribution in [0.25, 0.3) is 0 Å². The van der Waals surface area contributed by atoms with Crippen LogP contribution in [0.1, 0.15) is 33.6 Å². The van der Waals surface area contributed by atoms with E-state index in [0.29, 0.717) is 0 Å². The van der Waals surface area contributed by atoms with Crippen LogP contribution in [0.4, 0.5) is 0 Å². The molecule has 1 N–H and O–H groups in total. The van der Waals surface area contributed by atoms with Crippen LogP contribution in [-0.2, 0) is 0 Å². The van der Waals surface area contributed by atoms with Crippen molar-refractivity contribution in [1.82, 2.24) is 5.32 Å². The number of hydrogen-bond donors (Lipinski definition) is 1. The summed E-state index contributed by atoms with van der Waals surface area (Å²) < 4.78 is 0. The van der Waals surface area contributed by atoms with Gasteiger partial charge in [0.1, 0.15) is 0 Å². The van der Waals surface area contributed by atoms with Crippen molar-refractivity contribution in [2.75, 3.05) is 7.05 Å². The smallest absolute Gasteiger partial charge is 0.0300 e. The highest BCUT2D eigenvalue weighted by molar-refractivity contribution is 5.34. The lowest BCUT2D eigenvalue weighted by Crippen LogP contribution is -2.11. The minimum atomic E-state index is 0.226. The van der Waals surface area contributed by atoms with Gasteiger partial charge in [-0.1, -0.05) is 39.0 Å². The van der Waals surface area contributed by atoms with E-state index >= 15 is 0 Å². The Labute approximate surface area is 87.6 Å². The molecule has 0 saturated heterocycles. The molecule has 78 valence electrons. The highest BCUT2D eigenvalue weighted by atomic mass is 14.8. The van der Waals surface area contributed by atoms with E-state index in [9.17, 15) is 0 Å². The summed E-state index contributed by atoms with van der Waals surface area (Å²) in [6, 6.07) is 0. The molecule has 0 unspecified atom stereocenters. The molecule has 0 amide bonds. The Morgan fingerprint density at radius 2 is 1.93 bits per heavy atom. The largest absolute Gasteiger partial charge is 0.388 e. The molecule has 1 aliphatic rings. The van der Waals surface area contributed by atoms with Crippen molar-refractivity contribution in [2.24, 2.45) is 5.41 Å². The van der Waals surface area contributed by atoms with Gasteiger partial charge in [-0.2, -0.15) is 0 Å². The third-order valence-corrected chi connectivity index (χ3v) is 2.46. The highest BCUT2D eigenvalue weighted by Gasteiger charge is 2.15. The van der Waals surface area contributed by atoms with E-state index in [-0.39, 0.29) is 5.41 Å². The molecule has 1 rings (SSSR count). The second kappa shape index (κ2) is 4.50. The van der Waals surface area contributed by atoms with Crippen LogP contribution in [0, 0.1) is 5.41 Å². The average molecular weight is 191 g/mol. The van der Waals surface area contributed by atoms with Crippen molar-refractivity contribution in [3.05, 3.63) is 35.6 Å². The lowest BCUT2D eigenvalue weighted by Gasteiger charge is -2.22. The van der Waals surface area contributed by atoms with Gasteiger partial charge in [0.05, 0.1) is 0 Å². The third-order valence-electron chi connectivity index (χ3n) is 2.46. The minimum absolute atomic E-state index is 0.226. The summed E-state index contributed by atoms with van der Waals surface area (Å²) in [5, 5.41) is 3.22. The monoisotopic (exact) mass is 191 g/mol. The van der Waals surface area contributed by atoms with Crippen molar-refractivity contribution >= 4 is 0 Å². The van der Waals surface area contributed by atoms with Crippen LogP contribution >= 0.6 is 0 Å². The Balaban J connectivity index is 2.99. The first-order chi connectivity index (χ1) is 6.54. The van der Waals surface area contributed by atoms with Gasteiger partial charge in [-0.05, 0) is 29.9 Å². The summed E-state index contributed by atoms with van der Waals surface area (Å²) in [4.78, 5) is 0. The van der Waals surface area contributed by atoms with Gasteiger partial charge in [-0.25, -0.2) is 0 Å². The molecule has 0 heterocycles. The minimum Gasteiger partial charge on any atom is -0.388 e. The summed E-state index contributed by atoms with van der Waals surface area (Å²) in [7, 11) is 1.98. The fraction of sp³-hybridized carbons (Fsp3) is 0.538. The Morgan fingerprint density at radius 3 is 2.50 bits per heavy atom. The van der Waals surface area contributed by atoms with Gasteiger partial charge < -0.3 is 5.32 Å². The number of likely N-dealkylation sites (N-methyl/N-ethyl adjacent to an activating group) is 1. The lowest BCUT2D eigenvalue weighted by atomic mass is 9.85. The van der Waals surface area contributed by atoms with Gasteiger partial charge in [0.15, 0.2) is 0 Å². The van der Waals surface area contributed by atoms with E-state index < -0.39 is 0 Å². The van der Waals surface area contributed by atoms with E-state index in [0.717, 1.165) is 12.8 Å². The normalized spacial score (nSPS) is 20.3. The maximum atomic E-state index is 3.22. The molecule has 0 aromatic rings. The topological polar surface area (TPSA) is 12.0 Å². The van der Waals surface area contributed by atoms with Gasteiger partial charge in [-0.3, -0.25) is 0 Å². The van der Waals surface area contributed by atoms with Crippen molar-refractivity contribution in [1.29, 1.82) is 0 Å². The quantitative estimate of drug-likeness (QED) is 0.669. The average Bonchev–Trinajstić information content (AvgIpc) is 2.01. The van der Waals surface area contributed by atoms with Crippen molar-refractivity contribution in [3.8, 4) is 0 Å². The van der Waals surface area contributed by atoms with Gasteiger partial charge in [0.2, 0.25) is 0 Å². The zero-order valence-electron chi connectivity index (χ0n) is 9.72. The first kappa shape index (κ1) is 11.1. The molecule has 0 aliphatic heterocycles. The Bertz CT molecular complexity index is 274. The standard InChI is InChI=1S/C13H21N/c1-13(2,3)11-8-6-5-7-9-12(10-11)14-4/h6,8-10,14H,5,7H2,1-4H3/b8-6+,11-10?,12-9?. The van der Waals surface area contributed by atoms with Crippen LogP contribution in [0.3, 0.4) is 0 Å². The van der Waals surface area contributed by atoms with E-state index in [2.05, 4.69) is 50.4 Å². The molecule has 0 bridgehead atoms. The summed E-state index contributed by atoms with van der Waals surface area (Å²) >= 11 is 0. The Morgan fingerprint density at radius 1 is 1.21 bits per heavy atom. The molecule has 14 heavy (non-hydrogen) atoms. The number of rotatable bonds is 1. The number of allylic oxidation sites excluding steroid dienone is 5. The molecular weight excluding hydrogens is 170 g/mol. The molecule has 0 aromatic heterocycles. The van der Waals surface area contributed by atoms with E-state index in [4.69, 9.17) is 0 Å². The second-order valence-corrected chi connectivity index (χ2v) is 4.74. The maximum Gasteiger partial charge on any atom is 0.0300 e. The summed E-state index contributed by atoms with van der Waals surface area (Å²) in [6.07, 6.45) is 11.3. The fourth-order valence-corrected chi connectivity index (χ4v) is 1.46. The first-order valence-electron chi connectivity index (χ1n) is 5.30. The predicted molar refractivity (Wildman–Crippen MR) is 63.1 cm³/mol. The lowest BCUT2D eigenvalue weighted by molar-refractivity contribution is 0.515. The van der Waals surface area contributed by atoms with Crippen LogP contribution in [0.15, 0.2) is 35.6 Å². The van der Waals surface area contributed by atoms with Crippen LogP contribution in [0.2, 0.25) is 0 Å². The Hall–Kier alpha value is -0.980. The zero-order chi connectivity index (χ0) is 10.6. The molecule has 0 radical (unpaired) electrons. The molecule has 0 aromatic carbocycles. The molecule has 0 saturated carbocycles. The molecule has 0 spiro atoms. The van der Waals surface area contributed by atoms with Gasteiger partial charge >= 0.3 is 0 Å². The van der Waals surface area contributed by atoms with Crippen LogP contribution < -0.4 is 5.32 Å². The third kappa shape index (κ3) is 3.06. The van der Waals surface area contributed by atoms with E-state index in [1.54, 1.807) is 0 Å². The second-order valence-electron chi connectivity index (χ2n) is 4.74. The first-order valence-corrected chi connectivity index (χ1v) is 5.30. The van der Waals surface area contributed by atoms with E-state index in [1.807, 2.05) is 7.05 Å².